The van der Waals surface area contributed by atoms with Gasteiger partial charge in [-0.1, -0.05) is 0 Å². The fourth-order valence-corrected chi connectivity index (χ4v) is 2.20. The Kier molecular flexibility index (Phi) is 4.36. The molecule has 1 aliphatic rings. The highest BCUT2D eigenvalue weighted by atomic mass is 35.5. The average Bonchev–Trinajstić information content (AvgIpc) is 2.77. The highest BCUT2D eigenvalue weighted by Crippen LogP contribution is 2.18. The summed E-state index contributed by atoms with van der Waals surface area (Å²) in [5.41, 5.74) is 0. The molecular weight excluding hydrogens is 263 g/mol. The van der Waals surface area contributed by atoms with Gasteiger partial charge in [0.2, 0.25) is 16.5 Å². The van der Waals surface area contributed by atoms with Gasteiger partial charge in [-0.2, -0.15) is 15.0 Å². The molecule has 1 fully saturated rings. The average molecular weight is 277 g/mol. The third-order valence-corrected chi connectivity index (χ3v) is 3.02. The normalized spacial score (nSPS) is 19.6. The predicted molar refractivity (Wildman–Crippen MR) is 66.7 cm³/mol. The molecule has 1 atom stereocenters. The fourth-order valence-electron chi connectivity index (χ4n) is 1.84. The van der Waals surface area contributed by atoms with E-state index in [2.05, 4.69) is 15.0 Å². The van der Waals surface area contributed by atoms with Crippen LogP contribution in [0.15, 0.2) is 0 Å². The van der Waals surface area contributed by atoms with E-state index in [1.165, 1.54) is 0 Å². The third-order valence-electron chi connectivity index (χ3n) is 2.68. The van der Waals surface area contributed by atoms with Crippen LogP contribution in [-0.4, -0.2) is 40.8 Å². The van der Waals surface area contributed by atoms with Crippen molar-refractivity contribution in [3.8, 4) is 0 Å². The zero-order valence-electron chi connectivity index (χ0n) is 9.57. The molecule has 1 aliphatic heterocycles. The maximum atomic E-state index is 5.76. The quantitative estimate of drug-likeness (QED) is 0.844. The summed E-state index contributed by atoms with van der Waals surface area (Å²) in [6.45, 7) is 4.39. The molecule has 1 aromatic rings. The second kappa shape index (κ2) is 5.80. The summed E-state index contributed by atoms with van der Waals surface area (Å²) < 4.78 is 5.59. The molecular formula is C10H14Cl2N4O. The Balaban J connectivity index is 2.10. The molecule has 94 valence electrons. The molecule has 0 saturated carbocycles. The summed E-state index contributed by atoms with van der Waals surface area (Å²) in [5, 5.41) is 0.233. The van der Waals surface area contributed by atoms with Crippen LogP contribution in [0.5, 0.6) is 0 Å². The Labute approximate surface area is 110 Å². The van der Waals surface area contributed by atoms with Crippen LogP contribution < -0.4 is 4.90 Å². The zero-order valence-corrected chi connectivity index (χ0v) is 11.1. The van der Waals surface area contributed by atoms with Crippen LogP contribution in [0.4, 0.5) is 5.95 Å². The van der Waals surface area contributed by atoms with Crippen molar-refractivity contribution in [2.24, 2.45) is 0 Å². The first-order chi connectivity index (χ1) is 8.19. The topological polar surface area (TPSA) is 51.1 Å². The van der Waals surface area contributed by atoms with Crippen molar-refractivity contribution in [3.63, 3.8) is 0 Å². The Morgan fingerprint density at radius 1 is 1.29 bits per heavy atom. The number of hydrogen-bond acceptors (Lipinski definition) is 5. The largest absolute Gasteiger partial charge is 0.376 e. The van der Waals surface area contributed by atoms with E-state index in [0.717, 1.165) is 32.5 Å². The minimum absolute atomic E-state index is 0.116. The fraction of sp³-hybridized carbons (Fsp3) is 0.700. The second-order valence-corrected chi connectivity index (χ2v) is 4.52. The lowest BCUT2D eigenvalue weighted by Gasteiger charge is -2.23. The lowest BCUT2D eigenvalue weighted by molar-refractivity contribution is 0.115. The molecule has 2 heterocycles. The molecule has 0 N–H and O–H groups in total. The van der Waals surface area contributed by atoms with Crippen molar-refractivity contribution in [1.82, 2.24) is 15.0 Å². The minimum Gasteiger partial charge on any atom is -0.376 e. The lowest BCUT2D eigenvalue weighted by Crippen LogP contribution is -2.33. The van der Waals surface area contributed by atoms with Gasteiger partial charge in [0.05, 0.1) is 6.10 Å². The molecule has 1 aromatic heterocycles. The number of anilines is 1. The Morgan fingerprint density at radius 3 is 2.53 bits per heavy atom. The number of nitrogens with zero attached hydrogens (tertiary/aromatic N) is 4. The highest BCUT2D eigenvalue weighted by Gasteiger charge is 2.20. The van der Waals surface area contributed by atoms with Crippen molar-refractivity contribution in [2.45, 2.75) is 25.9 Å². The first kappa shape index (κ1) is 12.8. The summed E-state index contributed by atoms with van der Waals surface area (Å²) in [4.78, 5) is 13.9. The van der Waals surface area contributed by atoms with Crippen molar-refractivity contribution in [3.05, 3.63) is 10.6 Å². The van der Waals surface area contributed by atoms with Crippen LogP contribution in [0.3, 0.4) is 0 Å². The third kappa shape index (κ3) is 3.40. The minimum atomic E-state index is 0.116. The number of ether oxygens (including phenoxy) is 1. The van der Waals surface area contributed by atoms with E-state index in [9.17, 15) is 0 Å². The molecule has 0 bridgehead atoms. The number of likely N-dealkylation sites (N-methyl/N-ethyl adjacent to an activating group) is 1. The lowest BCUT2D eigenvalue weighted by atomic mass is 10.2. The summed E-state index contributed by atoms with van der Waals surface area (Å²) in [6, 6.07) is 0. The molecule has 5 nitrogen and oxygen atoms in total. The predicted octanol–water partition coefficient (Wildman–Crippen LogP) is 2.18. The summed E-state index contributed by atoms with van der Waals surface area (Å²) in [5.74, 6) is 0.507. The molecule has 1 unspecified atom stereocenters. The number of hydrogen-bond donors (Lipinski definition) is 0. The van der Waals surface area contributed by atoms with Gasteiger partial charge >= 0.3 is 0 Å². The van der Waals surface area contributed by atoms with Gasteiger partial charge in [0.1, 0.15) is 0 Å². The van der Waals surface area contributed by atoms with E-state index >= 15 is 0 Å². The van der Waals surface area contributed by atoms with Crippen molar-refractivity contribution < 1.29 is 4.74 Å². The Hall–Kier alpha value is -0.650. The van der Waals surface area contributed by atoms with Gasteiger partial charge in [-0.05, 0) is 43.0 Å². The van der Waals surface area contributed by atoms with E-state index in [0.29, 0.717) is 5.95 Å². The van der Waals surface area contributed by atoms with E-state index in [1.807, 2.05) is 11.8 Å². The van der Waals surface area contributed by atoms with Crippen LogP contribution >= 0.6 is 23.2 Å². The van der Waals surface area contributed by atoms with Gasteiger partial charge < -0.3 is 9.64 Å². The number of halogens is 2. The standard InChI is InChI=1S/C10H14Cl2N4O/c1-2-16(6-7-4-3-5-17-7)10-14-8(11)13-9(12)15-10/h7H,2-6H2,1H3. The van der Waals surface area contributed by atoms with Gasteiger partial charge in [0, 0.05) is 19.7 Å². The molecule has 17 heavy (non-hydrogen) atoms. The Bertz CT molecular complexity index is 364. The molecule has 0 aliphatic carbocycles. The summed E-state index contributed by atoms with van der Waals surface area (Å²) in [6.07, 6.45) is 2.42. The van der Waals surface area contributed by atoms with Gasteiger partial charge in [-0.15, -0.1) is 0 Å². The second-order valence-electron chi connectivity index (χ2n) is 3.85. The summed E-state index contributed by atoms with van der Waals surface area (Å²) >= 11 is 11.5. The maximum absolute atomic E-state index is 5.76. The molecule has 0 spiro atoms. The van der Waals surface area contributed by atoms with E-state index in [1.54, 1.807) is 0 Å². The highest BCUT2D eigenvalue weighted by molar-refractivity contribution is 6.31. The van der Waals surface area contributed by atoms with Gasteiger partial charge in [-0.25, -0.2) is 0 Å². The van der Waals surface area contributed by atoms with Crippen LogP contribution in [0.2, 0.25) is 10.6 Å². The van der Waals surface area contributed by atoms with Gasteiger partial charge in [0.15, 0.2) is 0 Å². The number of aromatic nitrogens is 3. The molecule has 1 saturated heterocycles. The molecule has 2 rings (SSSR count). The molecule has 7 heteroatoms. The van der Waals surface area contributed by atoms with Gasteiger partial charge in [-0.3, -0.25) is 0 Å². The maximum Gasteiger partial charge on any atom is 0.231 e. The molecule has 0 radical (unpaired) electrons. The number of rotatable bonds is 4. The summed E-state index contributed by atoms with van der Waals surface area (Å²) in [7, 11) is 0. The van der Waals surface area contributed by atoms with Gasteiger partial charge in [0.25, 0.3) is 0 Å². The van der Waals surface area contributed by atoms with Crippen LogP contribution in [0, 0.1) is 0 Å². The van der Waals surface area contributed by atoms with Crippen LogP contribution in [0.25, 0.3) is 0 Å². The van der Waals surface area contributed by atoms with Crippen LogP contribution in [-0.2, 0) is 4.74 Å². The van der Waals surface area contributed by atoms with Crippen LogP contribution in [0.1, 0.15) is 19.8 Å². The van der Waals surface area contributed by atoms with Crippen molar-refractivity contribution >= 4 is 29.2 Å². The smallest absolute Gasteiger partial charge is 0.231 e. The van der Waals surface area contributed by atoms with Crippen molar-refractivity contribution in [1.29, 1.82) is 0 Å². The van der Waals surface area contributed by atoms with E-state index < -0.39 is 0 Å². The van der Waals surface area contributed by atoms with E-state index in [4.69, 9.17) is 27.9 Å². The SMILES string of the molecule is CCN(CC1CCCO1)c1nc(Cl)nc(Cl)n1. The molecule has 0 aromatic carbocycles. The monoisotopic (exact) mass is 276 g/mol. The Morgan fingerprint density at radius 2 is 2.00 bits per heavy atom. The first-order valence-corrected chi connectivity index (χ1v) is 6.38. The first-order valence-electron chi connectivity index (χ1n) is 5.62. The molecule has 0 amide bonds. The van der Waals surface area contributed by atoms with E-state index in [-0.39, 0.29) is 16.7 Å². The van der Waals surface area contributed by atoms with Crippen molar-refractivity contribution in [2.75, 3.05) is 24.6 Å². The zero-order chi connectivity index (χ0) is 12.3.